The molecule has 0 aliphatic heterocycles. The Balaban J connectivity index is 2.36. The van der Waals surface area contributed by atoms with E-state index in [1.807, 2.05) is 0 Å². The van der Waals surface area contributed by atoms with E-state index in [4.69, 9.17) is 16.3 Å². The lowest BCUT2D eigenvalue weighted by Gasteiger charge is -1.96. The molecular formula is C8H8ClN5O. The van der Waals surface area contributed by atoms with Gasteiger partial charge in [0.05, 0.1) is 0 Å². The third kappa shape index (κ3) is 2.11. The molecule has 2 rings (SSSR count). The molecule has 0 fully saturated rings. The van der Waals surface area contributed by atoms with Gasteiger partial charge in [0.25, 0.3) is 5.95 Å². The van der Waals surface area contributed by atoms with Gasteiger partial charge in [0.1, 0.15) is 6.61 Å². The van der Waals surface area contributed by atoms with Gasteiger partial charge in [-0.1, -0.05) is 0 Å². The number of halogens is 1. The molecule has 0 aliphatic rings. The average molecular weight is 226 g/mol. The van der Waals surface area contributed by atoms with E-state index in [9.17, 15) is 0 Å². The van der Waals surface area contributed by atoms with Gasteiger partial charge in [-0.2, -0.15) is 9.67 Å². The minimum absolute atomic E-state index is 0.216. The van der Waals surface area contributed by atoms with Gasteiger partial charge in [-0.25, -0.2) is 9.97 Å². The Bertz CT molecular complexity index is 444. The van der Waals surface area contributed by atoms with E-state index in [1.165, 1.54) is 4.68 Å². The van der Waals surface area contributed by atoms with E-state index in [0.29, 0.717) is 18.4 Å². The van der Waals surface area contributed by atoms with Crippen molar-refractivity contribution >= 4 is 11.6 Å². The fourth-order valence-corrected chi connectivity index (χ4v) is 1.26. The first-order chi connectivity index (χ1) is 7.31. The minimum atomic E-state index is 0.216. The Morgan fingerprint density at radius 2 is 2.13 bits per heavy atom. The van der Waals surface area contributed by atoms with Crippen LogP contribution < -0.4 is 0 Å². The summed E-state index contributed by atoms with van der Waals surface area (Å²) in [6, 6.07) is 1.71. The van der Waals surface area contributed by atoms with Crippen LogP contribution in [0.4, 0.5) is 0 Å². The molecule has 2 aromatic heterocycles. The number of methoxy groups -OCH3 is 1. The number of hydrogen-bond acceptors (Lipinski definition) is 5. The molecule has 0 bridgehead atoms. The molecule has 0 radical (unpaired) electrons. The number of rotatable bonds is 3. The third-order valence-corrected chi connectivity index (χ3v) is 1.87. The first-order valence-electron chi connectivity index (χ1n) is 4.19. The Kier molecular flexibility index (Phi) is 2.89. The second-order valence-electron chi connectivity index (χ2n) is 2.69. The van der Waals surface area contributed by atoms with Gasteiger partial charge in [-0.3, -0.25) is 0 Å². The van der Waals surface area contributed by atoms with Crippen LogP contribution in [0, 0.1) is 0 Å². The maximum absolute atomic E-state index is 5.87. The monoisotopic (exact) mass is 225 g/mol. The maximum Gasteiger partial charge on any atom is 0.253 e. The van der Waals surface area contributed by atoms with Gasteiger partial charge < -0.3 is 4.74 Å². The van der Waals surface area contributed by atoms with Crippen molar-refractivity contribution in [2.45, 2.75) is 6.61 Å². The Morgan fingerprint density at radius 3 is 2.80 bits per heavy atom. The number of nitrogens with zero attached hydrogens (tertiary/aromatic N) is 5. The average Bonchev–Trinajstić information content (AvgIpc) is 2.61. The summed E-state index contributed by atoms with van der Waals surface area (Å²) in [5, 5.41) is 4.31. The SMILES string of the molecule is COCc1nc(Cl)n(-c2ncccn2)n1. The maximum atomic E-state index is 5.87. The lowest BCUT2D eigenvalue weighted by Crippen LogP contribution is -2.02. The standard InChI is InChI=1S/C8H8ClN5O/c1-15-5-6-12-7(9)14(13-6)8-10-3-2-4-11-8/h2-4H,5H2,1H3. The Labute approximate surface area is 90.9 Å². The second-order valence-corrected chi connectivity index (χ2v) is 3.03. The molecule has 0 N–H and O–H groups in total. The van der Waals surface area contributed by atoms with E-state index in [2.05, 4.69) is 20.1 Å². The normalized spacial score (nSPS) is 10.5. The van der Waals surface area contributed by atoms with Crippen LogP contribution in [-0.4, -0.2) is 31.8 Å². The Morgan fingerprint density at radius 1 is 1.40 bits per heavy atom. The molecule has 2 heterocycles. The summed E-state index contributed by atoms with van der Waals surface area (Å²) < 4.78 is 6.25. The summed E-state index contributed by atoms with van der Waals surface area (Å²) in [5.41, 5.74) is 0. The van der Waals surface area contributed by atoms with Gasteiger partial charge >= 0.3 is 0 Å². The van der Waals surface area contributed by atoms with Crippen molar-refractivity contribution in [1.29, 1.82) is 0 Å². The molecule has 0 aliphatic carbocycles. The number of aromatic nitrogens is 5. The van der Waals surface area contributed by atoms with Crippen molar-refractivity contribution < 1.29 is 4.74 Å². The third-order valence-electron chi connectivity index (χ3n) is 1.63. The summed E-state index contributed by atoms with van der Waals surface area (Å²) >= 11 is 5.87. The minimum Gasteiger partial charge on any atom is -0.377 e. The lowest BCUT2D eigenvalue weighted by molar-refractivity contribution is 0.178. The largest absolute Gasteiger partial charge is 0.377 e. The van der Waals surface area contributed by atoms with Crippen molar-refractivity contribution in [1.82, 2.24) is 24.7 Å². The molecule has 0 atom stereocenters. The molecule has 7 heteroatoms. The van der Waals surface area contributed by atoms with Gasteiger partial charge in [0.15, 0.2) is 5.82 Å². The van der Waals surface area contributed by atoms with Crippen LogP contribution in [0.5, 0.6) is 0 Å². The second kappa shape index (κ2) is 4.33. The molecule has 0 saturated heterocycles. The van der Waals surface area contributed by atoms with E-state index >= 15 is 0 Å². The molecule has 15 heavy (non-hydrogen) atoms. The van der Waals surface area contributed by atoms with Crippen molar-refractivity contribution in [2.75, 3.05) is 7.11 Å². The van der Waals surface area contributed by atoms with Crippen LogP contribution in [0.2, 0.25) is 5.28 Å². The molecular weight excluding hydrogens is 218 g/mol. The quantitative estimate of drug-likeness (QED) is 0.775. The van der Waals surface area contributed by atoms with E-state index < -0.39 is 0 Å². The zero-order valence-corrected chi connectivity index (χ0v) is 8.72. The fraction of sp³-hybridized carbons (Fsp3) is 0.250. The highest BCUT2D eigenvalue weighted by molar-refractivity contribution is 6.28. The van der Waals surface area contributed by atoms with Gasteiger partial charge in [0.2, 0.25) is 5.28 Å². The van der Waals surface area contributed by atoms with Crippen molar-refractivity contribution in [3.63, 3.8) is 0 Å². The topological polar surface area (TPSA) is 65.7 Å². The molecule has 0 saturated carbocycles. The van der Waals surface area contributed by atoms with Crippen LogP contribution in [0.1, 0.15) is 5.82 Å². The first kappa shape index (κ1) is 10.0. The molecule has 0 amide bonds. The molecule has 2 aromatic rings. The van der Waals surface area contributed by atoms with Crippen LogP contribution in [0.3, 0.4) is 0 Å². The number of hydrogen-bond donors (Lipinski definition) is 0. The summed E-state index contributed by atoms with van der Waals surface area (Å²) in [6.07, 6.45) is 3.21. The summed E-state index contributed by atoms with van der Waals surface area (Å²) in [6.45, 7) is 0.305. The van der Waals surface area contributed by atoms with Gasteiger partial charge in [-0.15, -0.1) is 5.10 Å². The predicted molar refractivity (Wildman–Crippen MR) is 52.7 cm³/mol. The molecule has 0 unspecified atom stereocenters. The van der Waals surface area contributed by atoms with Gasteiger partial charge in [-0.05, 0) is 17.7 Å². The van der Waals surface area contributed by atoms with Crippen molar-refractivity contribution in [3.8, 4) is 5.95 Å². The van der Waals surface area contributed by atoms with Gasteiger partial charge in [0, 0.05) is 19.5 Å². The van der Waals surface area contributed by atoms with E-state index in [-0.39, 0.29) is 5.28 Å². The highest BCUT2D eigenvalue weighted by Gasteiger charge is 2.10. The van der Waals surface area contributed by atoms with Crippen molar-refractivity contribution in [2.24, 2.45) is 0 Å². The van der Waals surface area contributed by atoms with Crippen LogP contribution in [-0.2, 0) is 11.3 Å². The summed E-state index contributed by atoms with van der Waals surface area (Å²) in [4.78, 5) is 12.0. The number of ether oxygens (including phenoxy) is 1. The molecule has 6 nitrogen and oxygen atoms in total. The zero-order valence-electron chi connectivity index (χ0n) is 7.96. The Hall–Kier alpha value is -1.53. The predicted octanol–water partition coefficient (Wildman–Crippen LogP) is 0.857. The molecule has 0 spiro atoms. The van der Waals surface area contributed by atoms with E-state index in [1.54, 1.807) is 25.6 Å². The highest BCUT2D eigenvalue weighted by Crippen LogP contribution is 2.09. The summed E-state index contributed by atoms with van der Waals surface area (Å²) in [5.74, 6) is 0.882. The lowest BCUT2D eigenvalue weighted by atomic mass is 10.7. The highest BCUT2D eigenvalue weighted by atomic mass is 35.5. The molecule has 0 aromatic carbocycles. The smallest absolute Gasteiger partial charge is 0.253 e. The first-order valence-corrected chi connectivity index (χ1v) is 4.57. The van der Waals surface area contributed by atoms with Crippen molar-refractivity contribution in [3.05, 3.63) is 29.6 Å². The van der Waals surface area contributed by atoms with Crippen LogP contribution in [0.25, 0.3) is 5.95 Å². The van der Waals surface area contributed by atoms with E-state index in [0.717, 1.165) is 0 Å². The van der Waals surface area contributed by atoms with Crippen LogP contribution in [0.15, 0.2) is 18.5 Å². The van der Waals surface area contributed by atoms with Crippen LogP contribution >= 0.6 is 11.6 Å². The molecule has 78 valence electrons. The summed E-state index contributed by atoms with van der Waals surface area (Å²) in [7, 11) is 1.56. The fourth-order valence-electron chi connectivity index (χ4n) is 1.05. The zero-order chi connectivity index (χ0) is 10.7.